The van der Waals surface area contributed by atoms with Crippen molar-refractivity contribution in [3.05, 3.63) is 77.7 Å². The predicted molar refractivity (Wildman–Crippen MR) is 107 cm³/mol. The van der Waals surface area contributed by atoms with Crippen LogP contribution >= 0.6 is 0 Å². The fourth-order valence-corrected chi connectivity index (χ4v) is 4.36. The van der Waals surface area contributed by atoms with Gasteiger partial charge in [0.2, 0.25) is 15.9 Å². The highest BCUT2D eigenvalue weighted by Crippen LogP contribution is 2.22. The third kappa shape index (κ3) is 4.18. The summed E-state index contributed by atoms with van der Waals surface area (Å²) in [6, 6.07) is 21.0. The minimum atomic E-state index is -3.47. The van der Waals surface area contributed by atoms with E-state index in [1.807, 2.05) is 66.7 Å². The molecule has 1 aliphatic rings. The molecule has 0 aliphatic carbocycles. The second-order valence-electron chi connectivity index (χ2n) is 6.49. The van der Waals surface area contributed by atoms with Gasteiger partial charge in [0.05, 0.1) is 12.1 Å². The summed E-state index contributed by atoms with van der Waals surface area (Å²) in [4.78, 5) is 4.50. The Bertz CT molecular complexity index is 1060. The molecule has 0 N–H and O–H groups in total. The number of fused-ring (bicyclic) bond motifs is 1. The Labute approximate surface area is 159 Å². The van der Waals surface area contributed by atoms with Crippen molar-refractivity contribution in [1.82, 2.24) is 9.29 Å². The van der Waals surface area contributed by atoms with E-state index in [9.17, 15) is 8.42 Å². The predicted octanol–water partition coefficient (Wildman–Crippen LogP) is 3.69. The number of aromatic nitrogens is 1. The molecule has 3 aromatic rings. The SMILES string of the molecule is O=S(=O)(/C=C/c1ccccc1)N1CC[C@@H](Oc2ccc3ccccc3n2)C1. The van der Waals surface area contributed by atoms with Crippen LogP contribution in [0.3, 0.4) is 0 Å². The molecule has 4 rings (SSSR count). The van der Waals surface area contributed by atoms with E-state index in [1.165, 1.54) is 9.71 Å². The minimum Gasteiger partial charge on any atom is -0.473 e. The van der Waals surface area contributed by atoms with Crippen LogP contribution in [0.15, 0.2) is 72.1 Å². The highest BCUT2D eigenvalue weighted by molar-refractivity contribution is 7.92. The maximum absolute atomic E-state index is 12.5. The van der Waals surface area contributed by atoms with Crippen LogP contribution in [0, 0.1) is 0 Å². The second-order valence-corrected chi connectivity index (χ2v) is 8.31. The maximum Gasteiger partial charge on any atom is 0.236 e. The van der Waals surface area contributed by atoms with Crippen molar-refractivity contribution in [2.24, 2.45) is 0 Å². The summed E-state index contributed by atoms with van der Waals surface area (Å²) in [7, 11) is -3.47. The van der Waals surface area contributed by atoms with Crippen molar-refractivity contribution in [1.29, 1.82) is 0 Å². The van der Waals surface area contributed by atoms with Gasteiger partial charge in [0, 0.05) is 23.4 Å². The van der Waals surface area contributed by atoms with Crippen LogP contribution in [0.4, 0.5) is 0 Å². The number of hydrogen-bond donors (Lipinski definition) is 0. The smallest absolute Gasteiger partial charge is 0.236 e. The van der Waals surface area contributed by atoms with E-state index >= 15 is 0 Å². The normalized spacial score (nSPS) is 18.3. The van der Waals surface area contributed by atoms with Gasteiger partial charge in [-0.2, -0.15) is 4.31 Å². The lowest BCUT2D eigenvalue weighted by Crippen LogP contribution is -2.29. The summed E-state index contributed by atoms with van der Waals surface area (Å²) in [5, 5.41) is 2.31. The molecule has 0 bridgehead atoms. The molecule has 1 aromatic heterocycles. The van der Waals surface area contributed by atoms with Crippen LogP contribution in [-0.4, -0.2) is 36.9 Å². The number of rotatable bonds is 5. The first kappa shape index (κ1) is 17.7. The lowest BCUT2D eigenvalue weighted by Gasteiger charge is -2.15. The van der Waals surface area contributed by atoms with Gasteiger partial charge in [-0.15, -0.1) is 0 Å². The van der Waals surface area contributed by atoms with Gasteiger partial charge in [-0.1, -0.05) is 48.5 Å². The summed E-state index contributed by atoms with van der Waals surface area (Å²) >= 11 is 0. The van der Waals surface area contributed by atoms with Crippen LogP contribution in [0.25, 0.3) is 17.0 Å². The van der Waals surface area contributed by atoms with Crippen molar-refractivity contribution in [2.45, 2.75) is 12.5 Å². The molecular weight excluding hydrogens is 360 g/mol. The van der Waals surface area contributed by atoms with Crippen molar-refractivity contribution in [3.8, 4) is 5.88 Å². The fourth-order valence-electron chi connectivity index (χ4n) is 3.12. The van der Waals surface area contributed by atoms with E-state index in [1.54, 1.807) is 6.08 Å². The number of pyridine rings is 1. The van der Waals surface area contributed by atoms with Gasteiger partial charge in [-0.05, 0) is 30.2 Å². The zero-order valence-corrected chi connectivity index (χ0v) is 15.5. The third-order valence-corrected chi connectivity index (χ3v) is 6.09. The highest BCUT2D eigenvalue weighted by Gasteiger charge is 2.31. The van der Waals surface area contributed by atoms with Crippen molar-refractivity contribution in [2.75, 3.05) is 13.1 Å². The standard InChI is InChI=1S/C21H20N2O3S/c24-27(25,15-13-17-6-2-1-3-7-17)23-14-12-19(16-23)26-21-11-10-18-8-4-5-9-20(18)22-21/h1-11,13,15,19H,12,14,16H2/b15-13+/t19-/m1/s1. The topological polar surface area (TPSA) is 59.5 Å². The first-order valence-corrected chi connectivity index (χ1v) is 10.4. The van der Waals surface area contributed by atoms with Crippen molar-refractivity contribution in [3.63, 3.8) is 0 Å². The zero-order valence-electron chi connectivity index (χ0n) is 14.7. The summed E-state index contributed by atoms with van der Waals surface area (Å²) in [5.74, 6) is 0.526. The summed E-state index contributed by atoms with van der Waals surface area (Å²) in [6.45, 7) is 0.773. The number of ether oxygens (including phenoxy) is 1. The lowest BCUT2D eigenvalue weighted by molar-refractivity contribution is 0.208. The van der Waals surface area contributed by atoms with Gasteiger partial charge < -0.3 is 4.74 Å². The Kier molecular flexibility index (Phi) is 4.92. The van der Waals surface area contributed by atoms with Crippen LogP contribution in [0.5, 0.6) is 5.88 Å². The molecule has 1 atom stereocenters. The minimum absolute atomic E-state index is 0.196. The van der Waals surface area contributed by atoms with Gasteiger partial charge in [0.25, 0.3) is 0 Å². The number of para-hydroxylation sites is 1. The van der Waals surface area contributed by atoms with Gasteiger partial charge in [-0.25, -0.2) is 13.4 Å². The quantitative estimate of drug-likeness (QED) is 0.677. The van der Waals surface area contributed by atoms with Gasteiger partial charge >= 0.3 is 0 Å². The molecule has 1 fully saturated rings. The second kappa shape index (κ2) is 7.50. The van der Waals surface area contributed by atoms with Gasteiger partial charge in [-0.3, -0.25) is 0 Å². The van der Waals surface area contributed by atoms with E-state index in [0.29, 0.717) is 25.4 Å². The van der Waals surface area contributed by atoms with Gasteiger partial charge in [0.15, 0.2) is 0 Å². The van der Waals surface area contributed by atoms with E-state index in [-0.39, 0.29) is 6.10 Å². The Hall–Kier alpha value is -2.70. The highest BCUT2D eigenvalue weighted by atomic mass is 32.2. The van der Waals surface area contributed by atoms with Crippen LogP contribution in [-0.2, 0) is 10.0 Å². The molecule has 6 heteroatoms. The van der Waals surface area contributed by atoms with Crippen molar-refractivity contribution >= 4 is 27.0 Å². The molecule has 0 saturated carbocycles. The van der Waals surface area contributed by atoms with E-state index < -0.39 is 10.0 Å². The molecule has 0 amide bonds. The molecule has 138 valence electrons. The van der Waals surface area contributed by atoms with Crippen LogP contribution in [0.1, 0.15) is 12.0 Å². The summed E-state index contributed by atoms with van der Waals surface area (Å²) in [6.07, 6.45) is 2.07. The summed E-state index contributed by atoms with van der Waals surface area (Å²) < 4.78 is 32.5. The molecular formula is C21H20N2O3S. The van der Waals surface area contributed by atoms with E-state index in [2.05, 4.69) is 4.98 Å². The largest absolute Gasteiger partial charge is 0.473 e. The molecule has 0 spiro atoms. The Morgan fingerprint density at radius 3 is 2.63 bits per heavy atom. The van der Waals surface area contributed by atoms with E-state index in [4.69, 9.17) is 4.74 Å². The summed E-state index contributed by atoms with van der Waals surface area (Å²) in [5.41, 5.74) is 1.72. The van der Waals surface area contributed by atoms with Crippen LogP contribution < -0.4 is 4.74 Å². The average molecular weight is 380 g/mol. The fraction of sp³-hybridized carbons (Fsp3) is 0.190. The number of nitrogens with zero attached hydrogens (tertiary/aromatic N) is 2. The zero-order chi connectivity index (χ0) is 18.7. The molecule has 5 nitrogen and oxygen atoms in total. The number of benzene rings is 2. The number of hydrogen-bond acceptors (Lipinski definition) is 4. The molecule has 0 radical (unpaired) electrons. The molecule has 27 heavy (non-hydrogen) atoms. The lowest BCUT2D eigenvalue weighted by atomic mass is 10.2. The molecule has 1 aliphatic heterocycles. The molecule has 1 saturated heterocycles. The molecule has 2 heterocycles. The molecule has 0 unspecified atom stereocenters. The third-order valence-electron chi connectivity index (χ3n) is 4.56. The Morgan fingerprint density at radius 1 is 1.00 bits per heavy atom. The Morgan fingerprint density at radius 2 is 1.78 bits per heavy atom. The monoisotopic (exact) mass is 380 g/mol. The molecule has 2 aromatic carbocycles. The van der Waals surface area contributed by atoms with Gasteiger partial charge in [0.1, 0.15) is 6.10 Å². The number of sulfonamides is 1. The van der Waals surface area contributed by atoms with Crippen molar-refractivity contribution < 1.29 is 13.2 Å². The average Bonchev–Trinajstić information content (AvgIpc) is 3.17. The van der Waals surface area contributed by atoms with Crippen LogP contribution in [0.2, 0.25) is 0 Å². The maximum atomic E-state index is 12.5. The first-order chi connectivity index (χ1) is 13.1. The Balaban J connectivity index is 1.42. The van der Waals surface area contributed by atoms with E-state index in [0.717, 1.165) is 16.5 Å². The first-order valence-electron chi connectivity index (χ1n) is 8.86.